The molecule has 1 aliphatic rings. The predicted octanol–water partition coefficient (Wildman–Crippen LogP) is 2.82. The highest BCUT2D eigenvalue weighted by Gasteiger charge is 2.31. The van der Waals surface area contributed by atoms with Crippen molar-refractivity contribution >= 4 is 11.9 Å². The summed E-state index contributed by atoms with van der Waals surface area (Å²) in [6.45, 7) is 4.62. The lowest BCUT2D eigenvalue weighted by Gasteiger charge is -2.35. The minimum absolute atomic E-state index is 0.0244. The lowest BCUT2D eigenvalue weighted by Crippen LogP contribution is -2.40. The van der Waals surface area contributed by atoms with Crippen LogP contribution in [-0.4, -0.2) is 62.2 Å². The number of carbonyl (C=O) groups is 1. The van der Waals surface area contributed by atoms with Crippen LogP contribution in [0.1, 0.15) is 61.4 Å². The fourth-order valence-corrected chi connectivity index (χ4v) is 4.06. The molecule has 162 valence electrons. The number of aliphatic imine (C=N–C) groups is 1. The molecule has 1 aromatic carbocycles. The van der Waals surface area contributed by atoms with Gasteiger partial charge in [0, 0.05) is 45.9 Å². The SMILES string of the molecule is CCNC(=NCC1(CCO)CCCCC1)NCCc1cccc(C(=O)N(C)C)c1. The first-order chi connectivity index (χ1) is 14.0. The number of nitrogens with one attached hydrogen (secondary N) is 2. The van der Waals surface area contributed by atoms with Crippen LogP contribution >= 0.6 is 0 Å². The second kappa shape index (κ2) is 11.8. The first-order valence-electron chi connectivity index (χ1n) is 10.9. The number of carbonyl (C=O) groups excluding carboxylic acids is 1. The van der Waals surface area contributed by atoms with Crippen LogP contribution < -0.4 is 10.6 Å². The molecule has 2 rings (SSSR count). The maximum Gasteiger partial charge on any atom is 0.253 e. The molecular formula is C23H38N4O2. The maximum atomic E-state index is 12.1. The molecule has 0 unspecified atom stereocenters. The average molecular weight is 403 g/mol. The summed E-state index contributed by atoms with van der Waals surface area (Å²) >= 11 is 0. The minimum atomic E-state index is 0.0244. The van der Waals surface area contributed by atoms with Crippen LogP contribution in [0.15, 0.2) is 29.3 Å². The third kappa shape index (κ3) is 7.35. The molecule has 0 atom stereocenters. The molecule has 0 radical (unpaired) electrons. The normalized spacial score (nSPS) is 16.3. The first-order valence-corrected chi connectivity index (χ1v) is 10.9. The van der Waals surface area contributed by atoms with Crippen molar-refractivity contribution in [1.82, 2.24) is 15.5 Å². The monoisotopic (exact) mass is 402 g/mol. The number of aliphatic hydroxyl groups excluding tert-OH is 1. The van der Waals surface area contributed by atoms with Gasteiger partial charge in [-0.1, -0.05) is 31.4 Å². The smallest absolute Gasteiger partial charge is 0.253 e. The fraction of sp³-hybridized carbons (Fsp3) is 0.652. The Balaban J connectivity index is 1.94. The molecular weight excluding hydrogens is 364 g/mol. The average Bonchev–Trinajstić information content (AvgIpc) is 2.72. The molecule has 1 fully saturated rings. The van der Waals surface area contributed by atoms with Gasteiger partial charge in [-0.3, -0.25) is 9.79 Å². The molecule has 6 heteroatoms. The molecule has 1 aromatic rings. The maximum absolute atomic E-state index is 12.1. The van der Waals surface area contributed by atoms with Crippen LogP contribution in [0.4, 0.5) is 0 Å². The van der Waals surface area contributed by atoms with E-state index < -0.39 is 0 Å². The van der Waals surface area contributed by atoms with E-state index in [1.54, 1.807) is 19.0 Å². The van der Waals surface area contributed by atoms with Crippen molar-refractivity contribution in [2.75, 3.05) is 40.3 Å². The molecule has 0 bridgehead atoms. The van der Waals surface area contributed by atoms with Crippen molar-refractivity contribution < 1.29 is 9.90 Å². The Morgan fingerprint density at radius 2 is 1.97 bits per heavy atom. The van der Waals surface area contributed by atoms with Gasteiger partial charge in [0.2, 0.25) is 0 Å². The minimum Gasteiger partial charge on any atom is -0.396 e. The highest BCUT2D eigenvalue weighted by atomic mass is 16.3. The topological polar surface area (TPSA) is 77.0 Å². The number of benzene rings is 1. The summed E-state index contributed by atoms with van der Waals surface area (Å²) in [5.41, 5.74) is 2.00. The van der Waals surface area contributed by atoms with Gasteiger partial charge in [-0.05, 0) is 55.7 Å². The standard InChI is InChI=1S/C23H38N4O2/c1-4-24-22(26-18-23(14-16-28)12-6-5-7-13-23)25-15-11-19-9-8-10-20(17-19)21(29)27(2)3/h8-10,17,28H,4-7,11-16,18H2,1-3H3,(H2,24,25,26). The van der Waals surface area contributed by atoms with Crippen molar-refractivity contribution in [3.63, 3.8) is 0 Å². The van der Waals surface area contributed by atoms with E-state index in [9.17, 15) is 9.90 Å². The van der Waals surface area contributed by atoms with E-state index in [2.05, 4.69) is 23.6 Å². The highest BCUT2D eigenvalue weighted by molar-refractivity contribution is 5.94. The summed E-state index contributed by atoms with van der Waals surface area (Å²) in [6, 6.07) is 7.81. The van der Waals surface area contributed by atoms with Crippen molar-refractivity contribution in [2.45, 2.75) is 51.9 Å². The lowest BCUT2D eigenvalue weighted by atomic mass is 9.72. The van der Waals surface area contributed by atoms with Gasteiger partial charge in [0.15, 0.2) is 5.96 Å². The number of aliphatic hydroxyl groups is 1. The van der Waals surface area contributed by atoms with Crippen LogP contribution in [0.2, 0.25) is 0 Å². The van der Waals surface area contributed by atoms with Gasteiger partial charge in [0.1, 0.15) is 0 Å². The Labute approximate surface area is 175 Å². The van der Waals surface area contributed by atoms with Crippen LogP contribution in [0, 0.1) is 5.41 Å². The van der Waals surface area contributed by atoms with Gasteiger partial charge in [-0.2, -0.15) is 0 Å². The molecule has 29 heavy (non-hydrogen) atoms. The summed E-state index contributed by atoms with van der Waals surface area (Å²) in [5.74, 6) is 0.854. The van der Waals surface area contributed by atoms with Gasteiger partial charge < -0.3 is 20.6 Å². The number of guanidine groups is 1. The molecule has 0 heterocycles. The molecule has 3 N–H and O–H groups in total. The van der Waals surface area contributed by atoms with E-state index in [0.717, 1.165) is 62.4 Å². The third-order valence-electron chi connectivity index (χ3n) is 5.76. The molecule has 1 aliphatic carbocycles. The van der Waals surface area contributed by atoms with Crippen LogP contribution in [0.3, 0.4) is 0 Å². The largest absolute Gasteiger partial charge is 0.396 e. The van der Waals surface area contributed by atoms with Crippen LogP contribution in [-0.2, 0) is 6.42 Å². The number of amides is 1. The number of hydrogen-bond acceptors (Lipinski definition) is 3. The van der Waals surface area contributed by atoms with Crippen molar-refractivity contribution in [3.8, 4) is 0 Å². The lowest BCUT2D eigenvalue weighted by molar-refractivity contribution is 0.0827. The van der Waals surface area contributed by atoms with Crippen molar-refractivity contribution in [2.24, 2.45) is 10.4 Å². The van der Waals surface area contributed by atoms with Crippen molar-refractivity contribution in [3.05, 3.63) is 35.4 Å². The van der Waals surface area contributed by atoms with E-state index >= 15 is 0 Å². The van der Waals surface area contributed by atoms with E-state index in [4.69, 9.17) is 4.99 Å². The van der Waals surface area contributed by atoms with Crippen molar-refractivity contribution in [1.29, 1.82) is 0 Å². The Kier molecular flexibility index (Phi) is 9.45. The number of rotatable bonds is 9. The van der Waals surface area contributed by atoms with Gasteiger partial charge in [-0.25, -0.2) is 0 Å². The summed E-state index contributed by atoms with van der Waals surface area (Å²) < 4.78 is 0. The molecule has 0 aliphatic heterocycles. The summed E-state index contributed by atoms with van der Waals surface area (Å²) in [4.78, 5) is 18.6. The van der Waals surface area contributed by atoms with Gasteiger partial charge >= 0.3 is 0 Å². The van der Waals surface area contributed by atoms with E-state index in [1.807, 2.05) is 18.2 Å². The second-order valence-electron chi connectivity index (χ2n) is 8.31. The Morgan fingerprint density at radius 3 is 2.62 bits per heavy atom. The zero-order chi connectivity index (χ0) is 21.1. The Morgan fingerprint density at radius 1 is 1.21 bits per heavy atom. The fourth-order valence-electron chi connectivity index (χ4n) is 4.06. The molecule has 0 saturated heterocycles. The second-order valence-corrected chi connectivity index (χ2v) is 8.31. The molecule has 0 spiro atoms. The van der Waals surface area contributed by atoms with E-state index in [0.29, 0.717) is 0 Å². The van der Waals surface area contributed by atoms with E-state index in [1.165, 1.54) is 19.3 Å². The summed E-state index contributed by atoms with van der Waals surface area (Å²) in [6.07, 6.45) is 7.74. The zero-order valence-electron chi connectivity index (χ0n) is 18.3. The zero-order valence-corrected chi connectivity index (χ0v) is 18.3. The van der Waals surface area contributed by atoms with Gasteiger partial charge in [0.25, 0.3) is 5.91 Å². The molecule has 6 nitrogen and oxygen atoms in total. The van der Waals surface area contributed by atoms with Gasteiger partial charge in [-0.15, -0.1) is 0 Å². The van der Waals surface area contributed by atoms with Crippen LogP contribution in [0.5, 0.6) is 0 Å². The first kappa shape index (κ1) is 23.2. The molecule has 1 amide bonds. The number of hydrogen-bond donors (Lipinski definition) is 3. The predicted molar refractivity (Wildman–Crippen MR) is 119 cm³/mol. The Bertz CT molecular complexity index is 661. The summed E-state index contributed by atoms with van der Waals surface area (Å²) in [5, 5.41) is 16.3. The molecule has 1 saturated carbocycles. The molecule has 0 aromatic heterocycles. The van der Waals surface area contributed by atoms with Crippen LogP contribution in [0.25, 0.3) is 0 Å². The van der Waals surface area contributed by atoms with E-state index in [-0.39, 0.29) is 17.9 Å². The highest BCUT2D eigenvalue weighted by Crippen LogP contribution is 2.39. The Hall–Kier alpha value is -2.08. The van der Waals surface area contributed by atoms with Gasteiger partial charge in [0.05, 0.1) is 0 Å². The quantitative estimate of drug-likeness (QED) is 0.438. The third-order valence-corrected chi connectivity index (χ3v) is 5.76. The summed E-state index contributed by atoms with van der Waals surface area (Å²) in [7, 11) is 3.54. The number of nitrogens with zero attached hydrogens (tertiary/aromatic N) is 2.